The Kier molecular flexibility index (Phi) is 33.9. The van der Waals surface area contributed by atoms with E-state index in [4.69, 9.17) is 18.9 Å². The van der Waals surface area contributed by atoms with Gasteiger partial charge < -0.3 is 18.9 Å². The minimum atomic E-state index is -0.0990. The highest BCUT2D eigenvalue weighted by molar-refractivity contribution is 4.73. The molecule has 228 valence electrons. The molecule has 0 fully saturated rings. The quantitative estimate of drug-likeness (QED) is 0.0471. The van der Waals surface area contributed by atoms with E-state index in [0.717, 1.165) is 51.9 Å². The standard InChI is InChI=1S/C34H68O4/c1-4-7-10-13-16-19-20-24-29-35-33-36-30-27-23-28-34(37-31-25-21-17-14-11-8-5-2)38-32-26-22-18-15-12-9-6-3/h27,30,34H,4-26,28-29,31-33H2,1-3H3. The Balaban J connectivity index is 3.86. The third kappa shape index (κ3) is 31.6. The van der Waals surface area contributed by atoms with Crippen LogP contribution in [0.25, 0.3) is 0 Å². The fourth-order valence-corrected chi connectivity index (χ4v) is 4.62. The lowest BCUT2D eigenvalue weighted by atomic mass is 10.1. The highest BCUT2D eigenvalue weighted by atomic mass is 16.7. The monoisotopic (exact) mass is 541 g/mol. The third-order valence-electron chi connectivity index (χ3n) is 7.16. The van der Waals surface area contributed by atoms with E-state index in [1.165, 1.54) is 122 Å². The summed E-state index contributed by atoms with van der Waals surface area (Å²) in [6.45, 7) is 9.57. The largest absolute Gasteiger partial charge is 0.475 e. The molecule has 0 spiro atoms. The molecule has 0 saturated heterocycles. The molecule has 0 unspecified atom stereocenters. The summed E-state index contributed by atoms with van der Waals surface area (Å²) in [5, 5.41) is 0. The summed E-state index contributed by atoms with van der Waals surface area (Å²) in [4.78, 5) is 0. The van der Waals surface area contributed by atoms with E-state index in [1.807, 2.05) is 0 Å². The molecule has 0 atom stereocenters. The highest BCUT2D eigenvalue weighted by Gasteiger charge is 2.08. The predicted octanol–water partition coefficient (Wildman–Crippen LogP) is 11.3. The molecule has 0 heterocycles. The summed E-state index contributed by atoms with van der Waals surface area (Å²) in [6, 6.07) is 0. The number of unbranched alkanes of at least 4 members (excludes halogenated alkanes) is 19. The molecule has 0 aliphatic heterocycles. The van der Waals surface area contributed by atoms with Crippen molar-refractivity contribution in [3.05, 3.63) is 12.3 Å². The van der Waals surface area contributed by atoms with Crippen molar-refractivity contribution in [3.63, 3.8) is 0 Å². The number of rotatable bonds is 33. The summed E-state index contributed by atoms with van der Waals surface area (Å²) >= 11 is 0. The van der Waals surface area contributed by atoms with E-state index in [2.05, 4.69) is 26.8 Å². The maximum absolute atomic E-state index is 6.13. The zero-order valence-electron chi connectivity index (χ0n) is 26.2. The average molecular weight is 541 g/mol. The Morgan fingerprint density at radius 1 is 0.474 bits per heavy atom. The van der Waals surface area contributed by atoms with Crippen LogP contribution in [0.3, 0.4) is 0 Å². The molecule has 0 aromatic heterocycles. The topological polar surface area (TPSA) is 36.9 Å². The molecule has 0 rings (SSSR count). The maximum atomic E-state index is 6.13. The summed E-state index contributed by atoms with van der Waals surface area (Å²) in [5.41, 5.74) is 0. The summed E-state index contributed by atoms with van der Waals surface area (Å²) < 4.78 is 23.4. The van der Waals surface area contributed by atoms with Crippen molar-refractivity contribution in [2.75, 3.05) is 26.6 Å². The van der Waals surface area contributed by atoms with Crippen molar-refractivity contribution in [2.24, 2.45) is 0 Å². The molecule has 0 aromatic rings. The van der Waals surface area contributed by atoms with Crippen molar-refractivity contribution in [1.82, 2.24) is 0 Å². The van der Waals surface area contributed by atoms with Crippen molar-refractivity contribution in [1.29, 1.82) is 0 Å². The van der Waals surface area contributed by atoms with Crippen molar-refractivity contribution in [2.45, 2.75) is 181 Å². The summed E-state index contributed by atoms with van der Waals surface area (Å²) in [7, 11) is 0. The minimum absolute atomic E-state index is 0.0990. The average Bonchev–Trinajstić information content (AvgIpc) is 2.93. The van der Waals surface area contributed by atoms with E-state index < -0.39 is 0 Å². The van der Waals surface area contributed by atoms with Gasteiger partial charge in [-0.1, -0.05) is 143 Å². The molecule has 0 aromatic carbocycles. The van der Waals surface area contributed by atoms with Crippen molar-refractivity contribution in [3.8, 4) is 0 Å². The Morgan fingerprint density at radius 2 is 0.868 bits per heavy atom. The van der Waals surface area contributed by atoms with Gasteiger partial charge in [-0.2, -0.15) is 0 Å². The van der Waals surface area contributed by atoms with E-state index in [9.17, 15) is 0 Å². The summed E-state index contributed by atoms with van der Waals surface area (Å²) in [6.07, 6.45) is 34.4. The fraction of sp³-hybridized carbons (Fsp3) is 0.941. The van der Waals surface area contributed by atoms with Crippen LogP contribution < -0.4 is 0 Å². The number of allylic oxidation sites excluding steroid dienone is 1. The van der Waals surface area contributed by atoms with Gasteiger partial charge in [-0.15, -0.1) is 0 Å². The maximum Gasteiger partial charge on any atom is 0.188 e. The van der Waals surface area contributed by atoms with E-state index in [0.29, 0.717) is 6.79 Å². The first kappa shape index (κ1) is 37.4. The van der Waals surface area contributed by atoms with Crippen LogP contribution in [-0.4, -0.2) is 32.9 Å². The lowest BCUT2D eigenvalue weighted by Crippen LogP contribution is -2.18. The first-order chi connectivity index (χ1) is 18.8. The molecular formula is C34H68O4. The number of hydrogen-bond acceptors (Lipinski definition) is 4. The van der Waals surface area contributed by atoms with Gasteiger partial charge >= 0.3 is 0 Å². The van der Waals surface area contributed by atoms with Crippen molar-refractivity contribution >= 4 is 0 Å². The first-order valence-corrected chi connectivity index (χ1v) is 16.9. The predicted molar refractivity (Wildman–Crippen MR) is 165 cm³/mol. The van der Waals surface area contributed by atoms with Gasteiger partial charge in [0.25, 0.3) is 0 Å². The number of hydrogen-bond donors (Lipinski definition) is 0. The molecule has 0 aliphatic carbocycles. The van der Waals surface area contributed by atoms with E-state index >= 15 is 0 Å². The van der Waals surface area contributed by atoms with Crippen LogP contribution in [0.4, 0.5) is 0 Å². The zero-order chi connectivity index (χ0) is 27.6. The Bertz CT molecular complexity index is 420. The van der Waals surface area contributed by atoms with Gasteiger partial charge in [0.15, 0.2) is 13.1 Å². The lowest BCUT2D eigenvalue weighted by Gasteiger charge is -2.18. The van der Waals surface area contributed by atoms with Crippen LogP contribution in [-0.2, 0) is 18.9 Å². The molecule has 38 heavy (non-hydrogen) atoms. The smallest absolute Gasteiger partial charge is 0.188 e. The highest BCUT2D eigenvalue weighted by Crippen LogP contribution is 2.12. The molecule has 4 nitrogen and oxygen atoms in total. The second-order valence-corrected chi connectivity index (χ2v) is 11.0. The van der Waals surface area contributed by atoms with Gasteiger partial charge in [-0.25, -0.2) is 0 Å². The van der Waals surface area contributed by atoms with Gasteiger partial charge in [0.2, 0.25) is 0 Å². The van der Waals surface area contributed by atoms with Gasteiger partial charge in [0.1, 0.15) is 0 Å². The van der Waals surface area contributed by atoms with Crippen LogP contribution in [0.1, 0.15) is 175 Å². The van der Waals surface area contributed by atoms with Gasteiger partial charge in [0.05, 0.1) is 12.9 Å². The molecule has 0 saturated carbocycles. The Labute approximate surface area is 239 Å². The zero-order valence-corrected chi connectivity index (χ0v) is 26.2. The Morgan fingerprint density at radius 3 is 1.32 bits per heavy atom. The van der Waals surface area contributed by atoms with Gasteiger partial charge in [-0.3, -0.25) is 0 Å². The van der Waals surface area contributed by atoms with E-state index in [1.54, 1.807) is 6.26 Å². The van der Waals surface area contributed by atoms with Crippen LogP contribution in [0, 0.1) is 0 Å². The lowest BCUT2D eigenvalue weighted by molar-refractivity contribution is -0.146. The van der Waals surface area contributed by atoms with Gasteiger partial charge in [0, 0.05) is 19.6 Å². The molecule has 4 heteroatoms. The van der Waals surface area contributed by atoms with Gasteiger partial charge in [-0.05, 0) is 31.8 Å². The third-order valence-corrected chi connectivity index (χ3v) is 7.16. The molecule has 0 N–H and O–H groups in total. The SMILES string of the molecule is CCCCCCCCCCOCOC=CCCC(OCCCCCCCCC)OCCCCCCCCC. The van der Waals surface area contributed by atoms with Crippen molar-refractivity contribution < 1.29 is 18.9 Å². The second-order valence-electron chi connectivity index (χ2n) is 11.0. The summed E-state index contributed by atoms with van der Waals surface area (Å²) in [5.74, 6) is 0. The first-order valence-electron chi connectivity index (χ1n) is 16.9. The minimum Gasteiger partial charge on any atom is -0.475 e. The van der Waals surface area contributed by atoms with Crippen LogP contribution in [0.2, 0.25) is 0 Å². The fourth-order valence-electron chi connectivity index (χ4n) is 4.62. The molecular weight excluding hydrogens is 472 g/mol. The van der Waals surface area contributed by atoms with E-state index in [-0.39, 0.29) is 6.29 Å². The number of ether oxygens (including phenoxy) is 4. The Hall–Kier alpha value is -0.580. The second kappa shape index (κ2) is 34.4. The molecule has 0 radical (unpaired) electrons. The normalized spacial score (nSPS) is 11.8. The van der Waals surface area contributed by atoms with Crippen LogP contribution in [0.5, 0.6) is 0 Å². The molecule has 0 amide bonds. The van der Waals surface area contributed by atoms with Crippen LogP contribution >= 0.6 is 0 Å². The van der Waals surface area contributed by atoms with Crippen LogP contribution in [0.15, 0.2) is 12.3 Å². The molecule has 0 aliphatic rings. The molecule has 0 bridgehead atoms.